The topological polar surface area (TPSA) is 38.3 Å². The first-order chi connectivity index (χ1) is 9.72. The summed E-state index contributed by atoms with van der Waals surface area (Å²) in [4.78, 5) is 11.9. The highest BCUT2D eigenvalue weighted by Crippen LogP contribution is 2.18. The monoisotopic (exact) mass is 289 g/mol. The molecule has 1 unspecified atom stereocenters. The third-order valence-electron chi connectivity index (χ3n) is 3.02. The van der Waals surface area contributed by atoms with Crippen LogP contribution in [0, 0.1) is 0 Å². The molecule has 0 aliphatic heterocycles. The Labute approximate surface area is 123 Å². The van der Waals surface area contributed by atoms with Gasteiger partial charge in [-0.25, -0.2) is 4.79 Å². The summed E-state index contributed by atoms with van der Waals surface area (Å²) in [7, 11) is 1.38. The highest BCUT2D eigenvalue weighted by molar-refractivity contribution is 6.31. The lowest BCUT2D eigenvalue weighted by molar-refractivity contribution is -0.143. The van der Waals surface area contributed by atoms with E-state index in [0.29, 0.717) is 11.6 Å². The molecular formula is C16H16ClNO2. The van der Waals surface area contributed by atoms with Crippen molar-refractivity contribution in [3.63, 3.8) is 0 Å². The third kappa shape index (κ3) is 3.59. The van der Waals surface area contributed by atoms with Gasteiger partial charge in [-0.2, -0.15) is 0 Å². The van der Waals surface area contributed by atoms with Crippen LogP contribution in [-0.2, 0) is 16.1 Å². The smallest absolute Gasteiger partial charge is 0.327 e. The van der Waals surface area contributed by atoms with Crippen molar-refractivity contribution < 1.29 is 9.53 Å². The van der Waals surface area contributed by atoms with E-state index < -0.39 is 6.04 Å². The molecule has 3 nitrogen and oxygen atoms in total. The number of halogens is 1. The Morgan fingerprint density at radius 1 is 1.15 bits per heavy atom. The van der Waals surface area contributed by atoms with Crippen LogP contribution in [0.5, 0.6) is 0 Å². The molecule has 2 aromatic carbocycles. The van der Waals surface area contributed by atoms with Crippen LogP contribution >= 0.6 is 11.6 Å². The summed E-state index contributed by atoms with van der Waals surface area (Å²) in [6.45, 7) is 0.494. The summed E-state index contributed by atoms with van der Waals surface area (Å²) in [5.74, 6) is -0.316. The second-order valence-electron chi connectivity index (χ2n) is 4.34. The molecule has 0 saturated carbocycles. The third-order valence-corrected chi connectivity index (χ3v) is 3.39. The van der Waals surface area contributed by atoms with E-state index in [-0.39, 0.29) is 5.97 Å². The summed E-state index contributed by atoms with van der Waals surface area (Å²) in [6.07, 6.45) is 0. The van der Waals surface area contributed by atoms with Crippen molar-refractivity contribution in [2.24, 2.45) is 0 Å². The predicted octanol–water partition coefficient (Wildman–Crippen LogP) is 3.34. The van der Waals surface area contributed by atoms with Crippen LogP contribution in [0.4, 0.5) is 0 Å². The fourth-order valence-electron chi connectivity index (χ4n) is 1.95. The Bertz CT molecular complexity index is 572. The average Bonchev–Trinajstić information content (AvgIpc) is 2.50. The van der Waals surface area contributed by atoms with Crippen molar-refractivity contribution in [2.75, 3.05) is 7.11 Å². The largest absolute Gasteiger partial charge is 0.468 e. The van der Waals surface area contributed by atoms with Crippen molar-refractivity contribution in [3.05, 3.63) is 70.7 Å². The molecule has 0 aliphatic rings. The fourth-order valence-corrected chi connectivity index (χ4v) is 2.16. The normalized spacial score (nSPS) is 11.9. The van der Waals surface area contributed by atoms with Crippen molar-refractivity contribution in [2.45, 2.75) is 12.6 Å². The zero-order valence-electron chi connectivity index (χ0n) is 11.2. The maximum atomic E-state index is 11.9. The van der Waals surface area contributed by atoms with E-state index in [4.69, 9.17) is 16.3 Å². The molecule has 1 atom stereocenters. The number of carbonyl (C=O) groups excluding carboxylic acids is 1. The number of methoxy groups -OCH3 is 1. The van der Waals surface area contributed by atoms with Gasteiger partial charge in [-0.1, -0.05) is 60.1 Å². The first kappa shape index (κ1) is 14.6. The molecular weight excluding hydrogens is 274 g/mol. The second-order valence-corrected chi connectivity index (χ2v) is 4.75. The molecule has 0 fully saturated rings. The van der Waals surface area contributed by atoms with Gasteiger partial charge >= 0.3 is 5.97 Å². The number of benzene rings is 2. The lowest BCUT2D eigenvalue weighted by Gasteiger charge is -2.17. The van der Waals surface area contributed by atoms with E-state index in [1.54, 1.807) is 0 Å². The van der Waals surface area contributed by atoms with Crippen LogP contribution in [0.2, 0.25) is 5.02 Å². The number of ether oxygens (including phenoxy) is 1. The van der Waals surface area contributed by atoms with E-state index in [2.05, 4.69) is 5.32 Å². The van der Waals surface area contributed by atoms with Gasteiger partial charge in [-0.05, 0) is 17.2 Å². The average molecular weight is 290 g/mol. The molecule has 20 heavy (non-hydrogen) atoms. The van der Waals surface area contributed by atoms with Gasteiger partial charge in [0, 0.05) is 11.6 Å². The molecule has 0 amide bonds. The zero-order valence-corrected chi connectivity index (χ0v) is 11.9. The number of esters is 1. The van der Waals surface area contributed by atoms with Gasteiger partial charge in [0.05, 0.1) is 7.11 Å². The molecule has 0 spiro atoms. The minimum Gasteiger partial charge on any atom is -0.468 e. The van der Waals surface area contributed by atoms with E-state index >= 15 is 0 Å². The molecule has 2 rings (SSSR count). The first-order valence-electron chi connectivity index (χ1n) is 6.32. The second kappa shape index (κ2) is 7.08. The molecule has 0 aliphatic carbocycles. The van der Waals surface area contributed by atoms with Gasteiger partial charge < -0.3 is 4.74 Å². The molecule has 0 radical (unpaired) electrons. The van der Waals surface area contributed by atoms with Gasteiger partial charge in [0.25, 0.3) is 0 Å². The Balaban J connectivity index is 2.14. The van der Waals surface area contributed by atoms with Gasteiger partial charge in [0.1, 0.15) is 6.04 Å². The Morgan fingerprint density at radius 2 is 1.80 bits per heavy atom. The fraction of sp³-hybridized carbons (Fsp3) is 0.188. The van der Waals surface area contributed by atoms with Crippen LogP contribution in [0.25, 0.3) is 0 Å². The maximum Gasteiger partial charge on any atom is 0.327 e. The summed E-state index contributed by atoms with van der Waals surface area (Å²) in [5, 5.41) is 3.86. The molecule has 4 heteroatoms. The van der Waals surface area contributed by atoms with E-state index in [1.807, 2.05) is 54.6 Å². The molecule has 104 valence electrons. The summed E-state index contributed by atoms with van der Waals surface area (Å²) < 4.78 is 4.85. The number of nitrogens with one attached hydrogen (secondary N) is 1. The number of hydrogen-bond acceptors (Lipinski definition) is 3. The van der Waals surface area contributed by atoms with E-state index in [9.17, 15) is 4.79 Å². The Hall–Kier alpha value is -1.84. The molecule has 2 aromatic rings. The molecule has 0 saturated heterocycles. The van der Waals surface area contributed by atoms with Crippen molar-refractivity contribution in [1.29, 1.82) is 0 Å². The van der Waals surface area contributed by atoms with Crippen LogP contribution in [0.15, 0.2) is 54.6 Å². The van der Waals surface area contributed by atoms with Gasteiger partial charge in [-0.3, -0.25) is 5.32 Å². The maximum absolute atomic E-state index is 11.9. The zero-order chi connectivity index (χ0) is 14.4. The van der Waals surface area contributed by atoms with Crippen LogP contribution in [-0.4, -0.2) is 13.1 Å². The lowest BCUT2D eigenvalue weighted by atomic mass is 10.1. The van der Waals surface area contributed by atoms with E-state index in [1.165, 1.54) is 7.11 Å². The Morgan fingerprint density at radius 3 is 2.45 bits per heavy atom. The summed E-state index contributed by atoms with van der Waals surface area (Å²) >= 11 is 6.11. The quantitative estimate of drug-likeness (QED) is 0.858. The van der Waals surface area contributed by atoms with Gasteiger partial charge in [0.2, 0.25) is 0 Å². The number of carbonyl (C=O) groups is 1. The first-order valence-corrected chi connectivity index (χ1v) is 6.69. The standard InChI is InChI=1S/C16H16ClNO2/c1-20-16(19)15(12-7-3-2-4-8-12)18-11-13-9-5-6-10-14(13)17/h2-10,15,18H,11H2,1H3. The number of hydrogen-bond donors (Lipinski definition) is 1. The highest BCUT2D eigenvalue weighted by atomic mass is 35.5. The number of rotatable bonds is 5. The van der Waals surface area contributed by atoms with Gasteiger partial charge in [-0.15, -0.1) is 0 Å². The molecule has 0 bridgehead atoms. The Kier molecular flexibility index (Phi) is 5.16. The molecule has 0 heterocycles. The van der Waals surface area contributed by atoms with Crippen molar-refractivity contribution >= 4 is 17.6 Å². The summed E-state index contributed by atoms with van der Waals surface area (Å²) in [6, 6.07) is 16.5. The van der Waals surface area contributed by atoms with E-state index in [0.717, 1.165) is 11.1 Å². The highest BCUT2D eigenvalue weighted by Gasteiger charge is 2.20. The minimum atomic E-state index is -0.502. The van der Waals surface area contributed by atoms with Crippen molar-refractivity contribution in [1.82, 2.24) is 5.32 Å². The van der Waals surface area contributed by atoms with Crippen LogP contribution in [0.3, 0.4) is 0 Å². The summed E-state index contributed by atoms with van der Waals surface area (Å²) in [5.41, 5.74) is 1.81. The van der Waals surface area contributed by atoms with Gasteiger partial charge in [0.15, 0.2) is 0 Å². The molecule has 1 N–H and O–H groups in total. The van der Waals surface area contributed by atoms with Crippen LogP contribution in [0.1, 0.15) is 17.2 Å². The van der Waals surface area contributed by atoms with Crippen molar-refractivity contribution in [3.8, 4) is 0 Å². The minimum absolute atomic E-state index is 0.316. The van der Waals surface area contributed by atoms with Crippen LogP contribution < -0.4 is 5.32 Å². The molecule has 0 aromatic heterocycles. The lowest BCUT2D eigenvalue weighted by Crippen LogP contribution is -2.29. The predicted molar refractivity (Wildman–Crippen MR) is 79.5 cm³/mol. The SMILES string of the molecule is COC(=O)C(NCc1ccccc1Cl)c1ccccc1.